The highest BCUT2D eigenvalue weighted by atomic mass is 16.3. The normalized spacial score (nSPS) is 19.4. The largest absolute Gasteiger partial charge is 0.392 e. The molecule has 1 rings (SSSR count). The van der Waals surface area contributed by atoms with Gasteiger partial charge in [0.2, 0.25) is 5.91 Å². The number of nitriles is 2. The first-order chi connectivity index (χ1) is 9.17. The van der Waals surface area contributed by atoms with Crippen molar-refractivity contribution in [1.29, 1.82) is 10.5 Å². The molecule has 0 aromatic carbocycles. The number of likely N-dealkylation sites (tertiary alicyclic amines) is 1. The number of nitrogens with zero attached hydrogens (tertiary/aromatic N) is 4. The van der Waals surface area contributed by atoms with Crippen molar-refractivity contribution in [1.82, 2.24) is 9.80 Å². The zero-order valence-corrected chi connectivity index (χ0v) is 11.1. The van der Waals surface area contributed by atoms with Gasteiger partial charge in [-0.3, -0.25) is 9.69 Å². The van der Waals surface area contributed by atoms with Gasteiger partial charge in [0.05, 0.1) is 37.6 Å². The summed E-state index contributed by atoms with van der Waals surface area (Å²) in [4.78, 5) is 15.6. The van der Waals surface area contributed by atoms with E-state index in [1.54, 1.807) is 4.90 Å². The fourth-order valence-electron chi connectivity index (χ4n) is 2.20. The fourth-order valence-corrected chi connectivity index (χ4v) is 2.20. The Hall–Kier alpha value is -1.63. The monoisotopic (exact) mass is 264 g/mol. The maximum atomic E-state index is 12.1. The molecule has 1 heterocycles. The van der Waals surface area contributed by atoms with E-state index >= 15 is 0 Å². The average Bonchev–Trinajstić information content (AvgIpc) is 2.38. The molecule has 0 aliphatic carbocycles. The lowest BCUT2D eigenvalue weighted by Crippen LogP contribution is -2.46. The van der Waals surface area contributed by atoms with Crippen molar-refractivity contribution < 1.29 is 9.90 Å². The van der Waals surface area contributed by atoms with E-state index in [1.165, 1.54) is 0 Å². The number of hydrogen-bond acceptors (Lipinski definition) is 5. The van der Waals surface area contributed by atoms with Crippen LogP contribution in [0.15, 0.2) is 0 Å². The van der Waals surface area contributed by atoms with E-state index in [1.807, 2.05) is 17.0 Å². The summed E-state index contributed by atoms with van der Waals surface area (Å²) >= 11 is 0. The molecule has 6 nitrogen and oxygen atoms in total. The minimum absolute atomic E-state index is 0.0698. The Morgan fingerprint density at radius 1 is 1.32 bits per heavy atom. The molecule has 1 aliphatic heterocycles. The first-order valence-corrected chi connectivity index (χ1v) is 6.59. The van der Waals surface area contributed by atoms with E-state index in [0.717, 1.165) is 19.4 Å². The van der Waals surface area contributed by atoms with Crippen LogP contribution in [-0.4, -0.2) is 59.6 Å². The first kappa shape index (κ1) is 15.4. The lowest BCUT2D eigenvalue weighted by Gasteiger charge is -2.31. The quantitative estimate of drug-likeness (QED) is 0.734. The standard InChI is InChI=1S/C13H20N4O2/c14-5-2-8-17(9-3-6-15)13(19)11-16-7-1-4-12(18)10-16/h12,18H,1-4,7-11H2/t12-/m0/s1. The van der Waals surface area contributed by atoms with Crippen LogP contribution in [0.25, 0.3) is 0 Å². The van der Waals surface area contributed by atoms with E-state index in [0.29, 0.717) is 19.6 Å². The topological polar surface area (TPSA) is 91.4 Å². The van der Waals surface area contributed by atoms with Crippen molar-refractivity contribution in [3.8, 4) is 12.1 Å². The van der Waals surface area contributed by atoms with Crippen LogP contribution in [0.5, 0.6) is 0 Å². The Morgan fingerprint density at radius 2 is 1.95 bits per heavy atom. The number of β-amino-alcohol motifs (C(OH)–C–C–N with tert-alkyl or cyclic N) is 1. The third-order valence-electron chi connectivity index (χ3n) is 3.18. The van der Waals surface area contributed by atoms with E-state index < -0.39 is 0 Å². The summed E-state index contributed by atoms with van der Waals surface area (Å²) in [6.45, 7) is 2.33. The molecule has 104 valence electrons. The number of aliphatic hydroxyl groups excluding tert-OH is 1. The van der Waals surface area contributed by atoms with Crippen molar-refractivity contribution in [2.45, 2.75) is 31.8 Å². The van der Waals surface area contributed by atoms with Crippen molar-refractivity contribution in [3.63, 3.8) is 0 Å². The second kappa shape index (κ2) is 8.47. The van der Waals surface area contributed by atoms with Crippen LogP contribution >= 0.6 is 0 Å². The summed E-state index contributed by atoms with van der Waals surface area (Å²) in [5.74, 6) is -0.0698. The predicted octanol–water partition coefficient (Wildman–Crippen LogP) is 0.0991. The number of rotatable bonds is 6. The van der Waals surface area contributed by atoms with E-state index in [-0.39, 0.29) is 31.4 Å². The molecule has 1 aliphatic rings. The van der Waals surface area contributed by atoms with Gasteiger partial charge in [-0.2, -0.15) is 10.5 Å². The van der Waals surface area contributed by atoms with Crippen molar-refractivity contribution in [2.24, 2.45) is 0 Å². The van der Waals surface area contributed by atoms with Crippen LogP contribution in [0.2, 0.25) is 0 Å². The number of hydrogen-bond donors (Lipinski definition) is 1. The molecule has 0 saturated carbocycles. The zero-order chi connectivity index (χ0) is 14.1. The number of aliphatic hydroxyl groups is 1. The molecule has 6 heteroatoms. The van der Waals surface area contributed by atoms with Gasteiger partial charge in [-0.1, -0.05) is 0 Å². The maximum Gasteiger partial charge on any atom is 0.236 e. The second-order valence-corrected chi connectivity index (χ2v) is 4.73. The molecule has 0 radical (unpaired) electrons. The molecule has 1 atom stereocenters. The highest BCUT2D eigenvalue weighted by Gasteiger charge is 2.22. The molecule has 1 saturated heterocycles. The van der Waals surface area contributed by atoms with Crippen molar-refractivity contribution in [2.75, 3.05) is 32.7 Å². The van der Waals surface area contributed by atoms with Gasteiger partial charge < -0.3 is 10.0 Å². The molecular weight excluding hydrogens is 244 g/mol. The fraction of sp³-hybridized carbons (Fsp3) is 0.769. The SMILES string of the molecule is N#CCCN(CCC#N)C(=O)CN1CCC[C@H](O)C1. The summed E-state index contributed by atoms with van der Waals surface area (Å²) in [7, 11) is 0. The van der Waals surface area contributed by atoms with Crippen LogP contribution in [0, 0.1) is 22.7 Å². The zero-order valence-electron chi connectivity index (χ0n) is 11.1. The Balaban J connectivity index is 2.46. The number of carbonyl (C=O) groups is 1. The lowest BCUT2D eigenvalue weighted by molar-refractivity contribution is -0.133. The van der Waals surface area contributed by atoms with Gasteiger partial charge in [0.1, 0.15) is 0 Å². The Labute approximate surface area is 113 Å². The third-order valence-corrected chi connectivity index (χ3v) is 3.18. The molecule has 1 amide bonds. The molecule has 1 N–H and O–H groups in total. The van der Waals surface area contributed by atoms with E-state index in [2.05, 4.69) is 0 Å². The van der Waals surface area contributed by atoms with Gasteiger partial charge in [0.15, 0.2) is 0 Å². The minimum atomic E-state index is -0.354. The highest BCUT2D eigenvalue weighted by molar-refractivity contribution is 5.78. The molecule has 0 spiro atoms. The minimum Gasteiger partial charge on any atom is -0.392 e. The van der Waals surface area contributed by atoms with Crippen molar-refractivity contribution in [3.05, 3.63) is 0 Å². The Morgan fingerprint density at radius 3 is 2.47 bits per heavy atom. The highest BCUT2D eigenvalue weighted by Crippen LogP contribution is 2.10. The Bertz CT molecular complexity index is 354. The maximum absolute atomic E-state index is 12.1. The summed E-state index contributed by atoms with van der Waals surface area (Å²) in [5.41, 5.74) is 0. The van der Waals surface area contributed by atoms with Crippen LogP contribution in [-0.2, 0) is 4.79 Å². The van der Waals surface area contributed by atoms with Crippen LogP contribution < -0.4 is 0 Å². The molecule has 0 aromatic heterocycles. The van der Waals surface area contributed by atoms with Gasteiger partial charge in [0, 0.05) is 19.6 Å². The molecule has 0 aromatic rings. The second-order valence-electron chi connectivity index (χ2n) is 4.73. The van der Waals surface area contributed by atoms with Gasteiger partial charge in [-0.05, 0) is 19.4 Å². The van der Waals surface area contributed by atoms with Gasteiger partial charge >= 0.3 is 0 Å². The van der Waals surface area contributed by atoms with Crippen LogP contribution in [0.4, 0.5) is 0 Å². The Kier molecular flexibility index (Phi) is 6.88. The summed E-state index contributed by atoms with van der Waals surface area (Å²) in [6.07, 6.45) is 1.88. The van der Waals surface area contributed by atoms with Crippen LogP contribution in [0.3, 0.4) is 0 Å². The van der Waals surface area contributed by atoms with Gasteiger partial charge in [-0.15, -0.1) is 0 Å². The summed E-state index contributed by atoms with van der Waals surface area (Å²) in [6, 6.07) is 4.02. The average molecular weight is 264 g/mol. The van der Waals surface area contributed by atoms with E-state index in [4.69, 9.17) is 10.5 Å². The third kappa shape index (κ3) is 5.69. The lowest BCUT2D eigenvalue weighted by atomic mass is 10.1. The smallest absolute Gasteiger partial charge is 0.236 e. The van der Waals surface area contributed by atoms with E-state index in [9.17, 15) is 9.90 Å². The van der Waals surface area contributed by atoms with Crippen LogP contribution in [0.1, 0.15) is 25.7 Å². The molecule has 0 unspecified atom stereocenters. The first-order valence-electron chi connectivity index (χ1n) is 6.59. The molecule has 19 heavy (non-hydrogen) atoms. The van der Waals surface area contributed by atoms with Crippen molar-refractivity contribution >= 4 is 5.91 Å². The number of carbonyl (C=O) groups excluding carboxylic acids is 1. The summed E-state index contributed by atoms with van der Waals surface area (Å²) < 4.78 is 0. The number of amides is 1. The van der Waals surface area contributed by atoms with Gasteiger partial charge in [-0.25, -0.2) is 0 Å². The molecular formula is C13H20N4O2. The summed E-state index contributed by atoms with van der Waals surface area (Å²) in [5, 5.41) is 26.7. The molecule has 0 bridgehead atoms. The molecule has 1 fully saturated rings. The number of piperidine rings is 1. The predicted molar refractivity (Wildman–Crippen MR) is 68.7 cm³/mol. The van der Waals surface area contributed by atoms with Gasteiger partial charge in [0.25, 0.3) is 0 Å².